The van der Waals surface area contributed by atoms with Gasteiger partial charge in [0, 0.05) is 53.4 Å². The quantitative estimate of drug-likeness (QED) is 0.230. The highest BCUT2D eigenvalue weighted by molar-refractivity contribution is 9.10. The van der Waals surface area contributed by atoms with Crippen molar-refractivity contribution in [3.05, 3.63) is 81.4 Å². The molecule has 0 bridgehead atoms. The summed E-state index contributed by atoms with van der Waals surface area (Å²) in [7, 11) is 0. The fourth-order valence-corrected chi connectivity index (χ4v) is 5.22. The Balaban J connectivity index is 1.40. The monoisotopic (exact) mass is 549 g/mol. The van der Waals surface area contributed by atoms with E-state index in [1.165, 1.54) is 18.5 Å². The normalized spacial score (nSPS) is 14.6. The Morgan fingerprint density at radius 1 is 1.25 bits per heavy atom. The first-order valence-corrected chi connectivity index (χ1v) is 12.4. The van der Waals surface area contributed by atoms with Gasteiger partial charge < -0.3 is 14.6 Å². The summed E-state index contributed by atoms with van der Waals surface area (Å²) >= 11 is 3.36. The van der Waals surface area contributed by atoms with Gasteiger partial charge in [0.05, 0.1) is 22.2 Å². The minimum absolute atomic E-state index is 0.0619. The van der Waals surface area contributed by atoms with E-state index < -0.39 is 4.92 Å². The molecule has 9 nitrogen and oxygen atoms in total. The molecule has 184 valence electrons. The van der Waals surface area contributed by atoms with Crippen LogP contribution in [0.2, 0.25) is 0 Å². The van der Waals surface area contributed by atoms with Gasteiger partial charge in [-0.2, -0.15) is 0 Å². The number of nitrogens with one attached hydrogen (secondary N) is 1. The van der Waals surface area contributed by atoms with E-state index >= 15 is 0 Å². The van der Waals surface area contributed by atoms with Crippen LogP contribution in [-0.2, 0) is 0 Å². The molecule has 3 heterocycles. The van der Waals surface area contributed by atoms with Crippen LogP contribution in [0.5, 0.6) is 0 Å². The van der Waals surface area contributed by atoms with Crippen molar-refractivity contribution in [1.82, 2.24) is 14.9 Å². The molecule has 36 heavy (non-hydrogen) atoms. The number of aromatic nitrogens is 2. The smallest absolute Gasteiger partial charge is 0.294 e. The summed E-state index contributed by atoms with van der Waals surface area (Å²) in [4.78, 5) is 35.0. The van der Waals surface area contributed by atoms with E-state index in [0.29, 0.717) is 40.3 Å². The summed E-state index contributed by atoms with van der Waals surface area (Å²) in [6.45, 7) is 5.20. The van der Waals surface area contributed by atoms with Crippen LogP contribution in [0, 0.1) is 22.0 Å². The SMILES string of the molecule is CC(C)C(Nc1c(-c2ncco2)cc(Br)cc1[N+](=O)[O-])C1CN(C(=O)c2cncc3ccccc23)C1. The average Bonchev–Trinajstić information content (AvgIpc) is 3.37. The second kappa shape index (κ2) is 9.69. The van der Waals surface area contributed by atoms with Crippen molar-refractivity contribution in [2.75, 3.05) is 18.4 Å². The molecule has 5 rings (SSSR count). The van der Waals surface area contributed by atoms with Crippen molar-refractivity contribution < 1.29 is 14.1 Å². The number of carbonyl (C=O) groups is 1. The van der Waals surface area contributed by atoms with Gasteiger partial charge in [0.25, 0.3) is 11.6 Å². The number of amides is 1. The van der Waals surface area contributed by atoms with E-state index in [1.54, 1.807) is 23.4 Å². The number of halogens is 1. The Hall–Kier alpha value is -3.79. The third-order valence-corrected chi connectivity index (χ3v) is 7.03. The maximum atomic E-state index is 13.3. The van der Waals surface area contributed by atoms with Gasteiger partial charge in [0.15, 0.2) is 0 Å². The summed E-state index contributed by atoms with van der Waals surface area (Å²) in [5.41, 5.74) is 1.36. The Bertz CT molecular complexity index is 1430. The molecule has 4 aromatic rings. The molecule has 2 aromatic carbocycles. The lowest BCUT2D eigenvalue weighted by Crippen LogP contribution is -2.57. The number of benzene rings is 2. The molecule has 1 atom stereocenters. The Morgan fingerprint density at radius 2 is 2.03 bits per heavy atom. The minimum atomic E-state index is -0.416. The number of oxazole rings is 1. The molecule has 1 unspecified atom stereocenters. The minimum Gasteiger partial charge on any atom is -0.444 e. The number of rotatable bonds is 7. The standard InChI is InChI=1S/C26H24BrN5O4/c1-15(2)23(30-24-20(25-29-7-8-36-25)9-18(27)10-22(24)32(34)35)17-13-31(14-17)26(33)21-12-28-11-16-5-3-4-6-19(16)21/h3-12,15,17,23,30H,13-14H2,1-2H3. The van der Waals surface area contributed by atoms with Crippen LogP contribution in [-0.4, -0.2) is 44.8 Å². The lowest BCUT2D eigenvalue weighted by atomic mass is 9.83. The summed E-state index contributed by atoms with van der Waals surface area (Å²) in [5.74, 6) is 0.483. The Labute approximate surface area is 215 Å². The average molecular weight is 550 g/mol. The van der Waals surface area contributed by atoms with Gasteiger partial charge in [-0.1, -0.05) is 54.0 Å². The largest absolute Gasteiger partial charge is 0.444 e. The summed E-state index contributed by atoms with van der Waals surface area (Å²) < 4.78 is 6.03. The molecule has 1 N–H and O–H groups in total. The number of carbonyl (C=O) groups excluding carboxylic acids is 1. The molecule has 0 radical (unpaired) electrons. The van der Waals surface area contributed by atoms with Gasteiger partial charge in [-0.05, 0) is 17.4 Å². The number of nitrogens with zero attached hydrogens (tertiary/aromatic N) is 4. The second-order valence-electron chi connectivity index (χ2n) is 9.23. The third-order valence-electron chi connectivity index (χ3n) is 6.57. The van der Waals surface area contributed by atoms with Crippen molar-refractivity contribution in [3.8, 4) is 11.5 Å². The Morgan fingerprint density at radius 3 is 2.72 bits per heavy atom. The van der Waals surface area contributed by atoms with E-state index in [4.69, 9.17) is 4.42 Å². The van der Waals surface area contributed by atoms with E-state index in [1.807, 2.05) is 24.3 Å². The first-order chi connectivity index (χ1) is 17.3. The van der Waals surface area contributed by atoms with Crippen molar-refractivity contribution in [2.45, 2.75) is 19.9 Å². The summed E-state index contributed by atoms with van der Waals surface area (Å²) in [6.07, 6.45) is 6.30. The van der Waals surface area contributed by atoms with Crippen molar-refractivity contribution in [1.29, 1.82) is 0 Å². The van der Waals surface area contributed by atoms with Crippen LogP contribution >= 0.6 is 15.9 Å². The highest BCUT2D eigenvalue weighted by atomic mass is 79.9. The first kappa shape index (κ1) is 23.9. The zero-order valence-electron chi connectivity index (χ0n) is 19.7. The van der Waals surface area contributed by atoms with Crippen molar-refractivity contribution >= 4 is 44.0 Å². The van der Waals surface area contributed by atoms with E-state index in [-0.39, 0.29) is 29.5 Å². The summed E-state index contributed by atoms with van der Waals surface area (Å²) in [6, 6.07) is 10.8. The number of hydrogen-bond donors (Lipinski definition) is 1. The maximum Gasteiger partial charge on any atom is 0.294 e. The van der Waals surface area contributed by atoms with Crippen LogP contribution in [0.1, 0.15) is 24.2 Å². The lowest BCUT2D eigenvalue weighted by Gasteiger charge is -2.45. The van der Waals surface area contributed by atoms with E-state index in [9.17, 15) is 14.9 Å². The first-order valence-electron chi connectivity index (χ1n) is 11.6. The zero-order chi connectivity index (χ0) is 25.4. The van der Waals surface area contributed by atoms with E-state index in [0.717, 1.165) is 10.8 Å². The summed E-state index contributed by atoms with van der Waals surface area (Å²) in [5, 5.41) is 17.2. The number of hydrogen-bond acceptors (Lipinski definition) is 7. The molecule has 0 aliphatic carbocycles. The van der Waals surface area contributed by atoms with Crippen LogP contribution in [0.3, 0.4) is 0 Å². The molecule has 0 spiro atoms. The molecular weight excluding hydrogens is 526 g/mol. The molecule has 1 aliphatic heterocycles. The van der Waals surface area contributed by atoms with E-state index in [2.05, 4.69) is 45.1 Å². The topological polar surface area (TPSA) is 114 Å². The number of pyridine rings is 1. The molecule has 1 fully saturated rings. The van der Waals surface area contributed by atoms with Gasteiger partial charge in [-0.25, -0.2) is 4.98 Å². The fraction of sp³-hybridized carbons (Fsp3) is 0.269. The highest BCUT2D eigenvalue weighted by Gasteiger charge is 2.39. The molecule has 1 saturated heterocycles. The van der Waals surface area contributed by atoms with Crippen molar-refractivity contribution in [3.63, 3.8) is 0 Å². The predicted molar refractivity (Wildman–Crippen MR) is 140 cm³/mol. The van der Waals surface area contributed by atoms with Crippen molar-refractivity contribution in [2.24, 2.45) is 11.8 Å². The zero-order valence-corrected chi connectivity index (χ0v) is 21.3. The van der Waals surface area contributed by atoms with Crippen LogP contribution in [0.25, 0.3) is 22.2 Å². The molecule has 1 amide bonds. The molecule has 2 aromatic heterocycles. The number of fused-ring (bicyclic) bond motifs is 1. The molecule has 10 heteroatoms. The molecule has 1 aliphatic rings. The number of nitro groups is 1. The maximum absolute atomic E-state index is 13.3. The Kier molecular flexibility index (Phi) is 6.44. The number of anilines is 1. The molecule has 0 saturated carbocycles. The van der Waals surface area contributed by atoms with Gasteiger partial charge in [0.2, 0.25) is 5.89 Å². The van der Waals surface area contributed by atoms with Gasteiger partial charge >= 0.3 is 0 Å². The van der Waals surface area contributed by atoms with Gasteiger partial charge in [0.1, 0.15) is 12.0 Å². The lowest BCUT2D eigenvalue weighted by molar-refractivity contribution is -0.384. The van der Waals surface area contributed by atoms with Gasteiger partial charge in [-0.15, -0.1) is 0 Å². The number of likely N-dealkylation sites (tertiary alicyclic amines) is 1. The second-order valence-corrected chi connectivity index (χ2v) is 10.2. The van der Waals surface area contributed by atoms with Crippen LogP contribution in [0.4, 0.5) is 11.4 Å². The predicted octanol–water partition coefficient (Wildman–Crippen LogP) is 5.77. The van der Waals surface area contributed by atoms with Crippen LogP contribution in [0.15, 0.2) is 70.1 Å². The van der Waals surface area contributed by atoms with Gasteiger partial charge in [-0.3, -0.25) is 19.9 Å². The fourth-order valence-electron chi connectivity index (χ4n) is 4.77. The van der Waals surface area contributed by atoms with Crippen LogP contribution < -0.4 is 5.32 Å². The third kappa shape index (κ3) is 4.44. The highest BCUT2D eigenvalue weighted by Crippen LogP contribution is 2.40. The molecular formula is C26H24BrN5O4. The number of nitro benzene ring substituents is 1.